The first kappa shape index (κ1) is 16.2. The number of ether oxygens (including phenoxy) is 2. The van der Waals surface area contributed by atoms with Gasteiger partial charge in [-0.3, -0.25) is 5.01 Å². The second-order valence-corrected chi connectivity index (χ2v) is 6.27. The van der Waals surface area contributed by atoms with E-state index in [1.807, 2.05) is 12.1 Å². The van der Waals surface area contributed by atoms with Crippen LogP contribution in [-0.4, -0.2) is 24.7 Å². The Morgan fingerprint density at radius 1 is 1.09 bits per heavy atom. The van der Waals surface area contributed by atoms with Gasteiger partial charge in [-0.05, 0) is 36.4 Å². The third-order valence-electron chi connectivity index (χ3n) is 3.29. The van der Waals surface area contributed by atoms with Crippen molar-refractivity contribution >= 4 is 40.7 Å². The van der Waals surface area contributed by atoms with Gasteiger partial charge in [-0.25, -0.2) is 0 Å². The molecule has 0 unspecified atom stereocenters. The number of halogens is 3. The fraction of sp³-hybridized carbons (Fsp3) is 0.188. The van der Waals surface area contributed by atoms with E-state index in [2.05, 4.69) is 5.10 Å². The van der Waals surface area contributed by atoms with Gasteiger partial charge in [-0.1, -0.05) is 34.8 Å². The van der Waals surface area contributed by atoms with Crippen LogP contribution in [0.25, 0.3) is 0 Å². The Morgan fingerprint density at radius 2 is 1.83 bits per heavy atom. The molecule has 0 saturated heterocycles. The van der Waals surface area contributed by atoms with Crippen LogP contribution >= 0.6 is 34.8 Å². The average Bonchev–Trinajstić information content (AvgIpc) is 2.95. The zero-order valence-electron chi connectivity index (χ0n) is 12.2. The maximum atomic E-state index is 6.05. The summed E-state index contributed by atoms with van der Waals surface area (Å²) in [4.78, 5) is 0. The molecule has 2 aromatic carbocycles. The molecule has 0 N–H and O–H groups in total. The summed E-state index contributed by atoms with van der Waals surface area (Å²) in [5, 5.41) is 7.95. The minimum absolute atomic E-state index is 0.329. The van der Waals surface area contributed by atoms with Crippen molar-refractivity contribution in [2.75, 3.05) is 13.8 Å². The van der Waals surface area contributed by atoms with Crippen LogP contribution in [0.3, 0.4) is 0 Å². The molecule has 0 saturated carbocycles. The molecule has 0 amide bonds. The molecular formula is C16H13Cl3N2O2. The largest absolute Gasteiger partial charge is 0.496 e. The third-order valence-corrected chi connectivity index (χ3v) is 3.96. The van der Waals surface area contributed by atoms with Gasteiger partial charge in [0.2, 0.25) is 5.90 Å². The van der Waals surface area contributed by atoms with Gasteiger partial charge in [-0.2, -0.15) is 0 Å². The summed E-state index contributed by atoms with van der Waals surface area (Å²) in [7, 11) is 1.62. The zero-order valence-corrected chi connectivity index (χ0v) is 14.5. The van der Waals surface area contributed by atoms with Crippen molar-refractivity contribution in [3.05, 3.63) is 62.6 Å². The normalized spacial score (nSPS) is 13.7. The highest BCUT2D eigenvalue weighted by atomic mass is 35.5. The van der Waals surface area contributed by atoms with E-state index in [1.54, 1.807) is 36.4 Å². The molecule has 23 heavy (non-hydrogen) atoms. The van der Waals surface area contributed by atoms with E-state index < -0.39 is 0 Å². The van der Waals surface area contributed by atoms with Gasteiger partial charge < -0.3 is 9.47 Å². The lowest BCUT2D eigenvalue weighted by atomic mass is 10.2. The Morgan fingerprint density at radius 3 is 2.52 bits per heavy atom. The molecule has 3 rings (SSSR count). The molecule has 0 bridgehead atoms. The van der Waals surface area contributed by atoms with Gasteiger partial charge >= 0.3 is 0 Å². The van der Waals surface area contributed by atoms with Crippen molar-refractivity contribution in [1.29, 1.82) is 0 Å². The fourth-order valence-corrected chi connectivity index (χ4v) is 3.01. The second kappa shape index (κ2) is 6.87. The molecule has 7 heteroatoms. The van der Waals surface area contributed by atoms with Gasteiger partial charge in [0.15, 0.2) is 6.73 Å². The third kappa shape index (κ3) is 3.83. The maximum absolute atomic E-state index is 6.05. The number of methoxy groups -OCH3 is 1. The second-order valence-electron chi connectivity index (χ2n) is 4.96. The van der Waals surface area contributed by atoms with Crippen molar-refractivity contribution in [3.63, 3.8) is 0 Å². The summed E-state index contributed by atoms with van der Waals surface area (Å²) in [5.41, 5.74) is 1.67. The zero-order chi connectivity index (χ0) is 16.4. The highest BCUT2D eigenvalue weighted by Crippen LogP contribution is 2.26. The molecule has 0 aliphatic carbocycles. The molecule has 0 radical (unpaired) electrons. The minimum Gasteiger partial charge on any atom is -0.496 e. The Kier molecular flexibility index (Phi) is 4.85. The highest BCUT2D eigenvalue weighted by Gasteiger charge is 2.19. The van der Waals surface area contributed by atoms with Crippen LogP contribution in [-0.2, 0) is 11.3 Å². The fourth-order valence-electron chi connectivity index (χ4n) is 2.29. The molecule has 0 aromatic heterocycles. The molecule has 120 valence electrons. The highest BCUT2D eigenvalue weighted by molar-refractivity contribution is 6.35. The van der Waals surface area contributed by atoms with Crippen LogP contribution in [0.15, 0.2) is 41.5 Å². The van der Waals surface area contributed by atoms with Crippen LogP contribution in [0.1, 0.15) is 11.1 Å². The molecule has 2 aromatic rings. The van der Waals surface area contributed by atoms with Crippen molar-refractivity contribution in [2.45, 2.75) is 6.54 Å². The van der Waals surface area contributed by atoms with Gasteiger partial charge in [0.05, 0.1) is 13.7 Å². The van der Waals surface area contributed by atoms with Crippen LogP contribution < -0.4 is 4.74 Å². The lowest BCUT2D eigenvalue weighted by molar-refractivity contribution is 0.161. The number of hydrogen-bond acceptors (Lipinski definition) is 4. The van der Waals surface area contributed by atoms with Crippen molar-refractivity contribution in [3.8, 4) is 5.75 Å². The molecule has 0 atom stereocenters. The van der Waals surface area contributed by atoms with E-state index in [1.165, 1.54) is 0 Å². The van der Waals surface area contributed by atoms with Crippen LogP contribution in [0.4, 0.5) is 0 Å². The number of hydrazone groups is 1. The lowest BCUT2D eigenvalue weighted by Crippen LogP contribution is -2.14. The SMILES string of the molecule is COc1ccc(Cl)cc1CN1COC(c2cc(Cl)cc(Cl)c2)=N1. The molecule has 1 heterocycles. The topological polar surface area (TPSA) is 34.1 Å². The first-order valence-electron chi connectivity index (χ1n) is 6.80. The number of nitrogens with zero attached hydrogens (tertiary/aromatic N) is 2. The minimum atomic E-state index is 0.329. The first-order valence-corrected chi connectivity index (χ1v) is 7.94. The number of rotatable bonds is 4. The predicted octanol–water partition coefficient (Wildman–Crippen LogP) is 4.81. The van der Waals surface area contributed by atoms with Crippen LogP contribution in [0.5, 0.6) is 5.75 Å². The summed E-state index contributed by atoms with van der Waals surface area (Å²) in [6, 6.07) is 10.6. The molecule has 0 spiro atoms. The van der Waals surface area contributed by atoms with E-state index in [4.69, 9.17) is 44.3 Å². The van der Waals surface area contributed by atoms with Crippen LogP contribution in [0, 0.1) is 0 Å². The standard InChI is InChI=1S/C16H13Cl3N2O2/c1-22-15-3-2-12(17)6-11(15)8-21-9-23-16(20-21)10-4-13(18)7-14(19)5-10/h2-7H,8-9H2,1H3. The molecule has 4 nitrogen and oxygen atoms in total. The van der Waals surface area contributed by atoms with E-state index in [0.29, 0.717) is 34.2 Å². The summed E-state index contributed by atoms with van der Waals surface area (Å²) in [6.45, 7) is 0.844. The monoisotopic (exact) mass is 370 g/mol. The average molecular weight is 372 g/mol. The maximum Gasteiger partial charge on any atom is 0.240 e. The summed E-state index contributed by atoms with van der Waals surface area (Å²) in [5.74, 6) is 1.24. The smallest absolute Gasteiger partial charge is 0.240 e. The Balaban J connectivity index is 1.81. The molecular weight excluding hydrogens is 359 g/mol. The Hall–Kier alpha value is -1.62. The summed E-state index contributed by atoms with van der Waals surface area (Å²) < 4.78 is 11.0. The van der Waals surface area contributed by atoms with Gasteiger partial charge in [0.25, 0.3) is 0 Å². The van der Waals surface area contributed by atoms with E-state index >= 15 is 0 Å². The summed E-state index contributed by atoms with van der Waals surface area (Å²) >= 11 is 18.1. The van der Waals surface area contributed by atoms with E-state index in [0.717, 1.165) is 16.9 Å². The van der Waals surface area contributed by atoms with Crippen molar-refractivity contribution in [1.82, 2.24) is 5.01 Å². The lowest BCUT2D eigenvalue weighted by Gasteiger charge is -2.14. The predicted molar refractivity (Wildman–Crippen MR) is 92.5 cm³/mol. The van der Waals surface area contributed by atoms with Gasteiger partial charge in [-0.15, -0.1) is 5.10 Å². The number of benzene rings is 2. The first-order chi connectivity index (χ1) is 11.0. The Bertz CT molecular complexity index is 745. The quantitative estimate of drug-likeness (QED) is 0.773. The molecule has 1 aliphatic heterocycles. The van der Waals surface area contributed by atoms with Crippen LogP contribution in [0.2, 0.25) is 15.1 Å². The summed E-state index contributed by atoms with van der Waals surface area (Å²) in [6.07, 6.45) is 0. The number of hydrogen-bond donors (Lipinski definition) is 0. The van der Waals surface area contributed by atoms with E-state index in [-0.39, 0.29) is 0 Å². The molecule has 0 fully saturated rings. The van der Waals surface area contributed by atoms with Gasteiger partial charge in [0, 0.05) is 26.2 Å². The van der Waals surface area contributed by atoms with E-state index in [9.17, 15) is 0 Å². The Labute approximate surface area is 149 Å². The van der Waals surface area contributed by atoms with Gasteiger partial charge in [0.1, 0.15) is 5.75 Å². The molecule has 1 aliphatic rings. The van der Waals surface area contributed by atoms with Crippen molar-refractivity contribution in [2.24, 2.45) is 5.10 Å². The van der Waals surface area contributed by atoms with Crippen molar-refractivity contribution < 1.29 is 9.47 Å².